The number of aryl methyl sites for hydroxylation is 1. The van der Waals surface area contributed by atoms with Crippen LogP contribution in [0.2, 0.25) is 0 Å². The van der Waals surface area contributed by atoms with Crippen molar-refractivity contribution in [3.63, 3.8) is 0 Å². The number of carbonyl (C=O) groups is 1. The van der Waals surface area contributed by atoms with E-state index in [1.165, 1.54) is 0 Å². The van der Waals surface area contributed by atoms with Gasteiger partial charge in [0.15, 0.2) is 11.5 Å². The number of rotatable bonds is 10. The average Bonchev–Trinajstić information content (AvgIpc) is 3.25. The number of nitrogens with zero attached hydrogens (tertiary/aromatic N) is 2. The van der Waals surface area contributed by atoms with Gasteiger partial charge in [-0.2, -0.15) is 4.98 Å². The summed E-state index contributed by atoms with van der Waals surface area (Å²) >= 11 is 0. The Labute approximate surface area is 175 Å². The number of ether oxygens (including phenoxy) is 3. The largest absolute Gasteiger partial charge is 0.494 e. The van der Waals surface area contributed by atoms with Crippen LogP contribution >= 0.6 is 0 Å². The van der Waals surface area contributed by atoms with Crippen LogP contribution in [0.1, 0.15) is 24.8 Å². The van der Waals surface area contributed by atoms with Crippen molar-refractivity contribution in [2.45, 2.75) is 26.3 Å². The summed E-state index contributed by atoms with van der Waals surface area (Å²) < 4.78 is 21.3. The summed E-state index contributed by atoms with van der Waals surface area (Å²) in [5, 5.41) is 6.86. The third-order valence-electron chi connectivity index (χ3n) is 4.42. The summed E-state index contributed by atoms with van der Waals surface area (Å²) in [7, 11) is 3.15. The minimum absolute atomic E-state index is 0.124. The Bertz CT molecular complexity index is 969. The highest BCUT2D eigenvalue weighted by atomic mass is 16.5. The van der Waals surface area contributed by atoms with Crippen LogP contribution in [0.4, 0.5) is 0 Å². The van der Waals surface area contributed by atoms with Crippen molar-refractivity contribution in [1.29, 1.82) is 0 Å². The number of nitrogens with one attached hydrogen (secondary N) is 1. The van der Waals surface area contributed by atoms with Gasteiger partial charge < -0.3 is 24.1 Å². The van der Waals surface area contributed by atoms with Gasteiger partial charge in [0.2, 0.25) is 17.6 Å². The minimum atomic E-state index is -0.124. The van der Waals surface area contributed by atoms with E-state index in [0.717, 1.165) is 16.9 Å². The molecular formula is C22H25N3O5. The Kier molecular flexibility index (Phi) is 7.26. The zero-order valence-electron chi connectivity index (χ0n) is 17.3. The Balaban J connectivity index is 1.52. The van der Waals surface area contributed by atoms with Gasteiger partial charge in [-0.05, 0) is 37.3 Å². The first-order valence-corrected chi connectivity index (χ1v) is 9.67. The molecule has 1 heterocycles. The van der Waals surface area contributed by atoms with Crippen molar-refractivity contribution in [1.82, 2.24) is 15.5 Å². The molecule has 0 spiro atoms. The van der Waals surface area contributed by atoms with Crippen molar-refractivity contribution >= 4 is 5.91 Å². The number of hydrogen-bond acceptors (Lipinski definition) is 7. The number of carbonyl (C=O) groups excluding carboxylic acids is 1. The lowest BCUT2D eigenvalue weighted by molar-refractivity contribution is -0.121. The maximum atomic E-state index is 12.2. The molecule has 0 aliphatic heterocycles. The van der Waals surface area contributed by atoms with E-state index in [4.69, 9.17) is 18.7 Å². The van der Waals surface area contributed by atoms with Crippen LogP contribution < -0.4 is 19.5 Å². The van der Waals surface area contributed by atoms with Crippen LogP contribution in [-0.4, -0.2) is 36.9 Å². The van der Waals surface area contributed by atoms with Crippen LogP contribution in [0.3, 0.4) is 0 Å². The smallest absolute Gasteiger partial charge is 0.227 e. The van der Waals surface area contributed by atoms with Gasteiger partial charge in [-0.1, -0.05) is 17.3 Å². The molecule has 0 saturated carbocycles. The molecule has 0 aliphatic rings. The standard InChI is InChI=1S/C22H25N3O5/c1-4-29-17-10-8-15(9-11-17)22-24-20(30-25-22)13-12-19(26)23-14-16-6-5-7-18(27-2)21(16)28-3/h5-11H,4,12-14H2,1-3H3,(H,23,26). The first-order chi connectivity index (χ1) is 14.6. The van der Waals surface area contributed by atoms with Crippen LogP contribution in [0.5, 0.6) is 17.2 Å². The van der Waals surface area contributed by atoms with Crippen molar-refractivity contribution in [2.75, 3.05) is 20.8 Å². The molecule has 8 nitrogen and oxygen atoms in total. The number of aromatic nitrogens is 2. The number of benzene rings is 2. The van der Waals surface area contributed by atoms with Gasteiger partial charge >= 0.3 is 0 Å². The highest BCUT2D eigenvalue weighted by Crippen LogP contribution is 2.30. The molecule has 3 aromatic rings. The SMILES string of the molecule is CCOc1ccc(-c2noc(CCC(=O)NCc3cccc(OC)c3OC)n2)cc1. The van der Waals surface area contributed by atoms with Crippen LogP contribution in [-0.2, 0) is 17.8 Å². The molecule has 1 amide bonds. The molecular weight excluding hydrogens is 386 g/mol. The Morgan fingerprint density at radius 2 is 1.90 bits per heavy atom. The molecule has 0 saturated heterocycles. The molecule has 0 unspecified atom stereocenters. The fourth-order valence-corrected chi connectivity index (χ4v) is 2.94. The summed E-state index contributed by atoms with van der Waals surface area (Å²) in [6, 6.07) is 13.0. The molecule has 0 radical (unpaired) electrons. The van der Waals surface area contributed by atoms with E-state index in [1.54, 1.807) is 14.2 Å². The normalized spacial score (nSPS) is 10.5. The Morgan fingerprint density at radius 1 is 1.10 bits per heavy atom. The third kappa shape index (κ3) is 5.28. The quantitative estimate of drug-likeness (QED) is 0.546. The molecule has 8 heteroatoms. The lowest BCUT2D eigenvalue weighted by Crippen LogP contribution is -2.23. The van der Waals surface area contributed by atoms with Gasteiger partial charge in [0.05, 0.1) is 20.8 Å². The number of para-hydroxylation sites is 1. The van der Waals surface area contributed by atoms with Gasteiger partial charge in [-0.25, -0.2) is 0 Å². The lowest BCUT2D eigenvalue weighted by Gasteiger charge is -2.13. The second-order valence-electron chi connectivity index (χ2n) is 6.40. The highest BCUT2D eigenvalue weighted by molar-refractivity contribution is 5.76. The van der Waals surface area contributed by atoms with E-state index in [9.17, 15) is 4.79 Å². The molecule has 158 valence electrons. The molecule has 1 N–H and O–H groups in total. The van der Waals surface area contributed by atoms with Crippen molar-refractivity contribution < 1.29 is 23.5 Å². The summed E-state index contributed by atoms with van der Waals surface area (Å²) in [5.74, 6) is 2.78. The monoisotopic (exact) mass is 411 g/mol. The fourth-order valence-electron chi connectivity index (χ4n) is 2.94. The second-order valence-corrected chi connectivity index (χ2v) is 6.40. The van der Waals surface area contributed by atoms with E-state index in [0.29, 0.717) is 42.8 Å². The zero-order valence-corrected chi connectivity index (χ0v) is 17.3. The average molecular weight is 411 g/mol. The first kappa shape index (κ1) is 21.2. The maximum Gasteiger partial charge on any atom is 0.227 e. The predicted molar refractivity (Wildman–Crippen MR) is 111 cm³/mol. The Hall–Kier alpha value is -3.55. The topological polar surface area (TPSA) is 95.7 Å². The van der Waals surface area contributed by atoms with Crippen molar-refractivity contribution in [3.8, 4) is 28.6 Å². The molecule has 30 heavy (non-hydrogen) atoms. The van der Waals surface area contributed by atoms with Gasteiger partial charge in [0.1, 0.15) is 5.75 Å². The van der Waals surface area contributed by atoms with Crippen molar-refractivity contribution in [3.05, 3.63) is 53.9 Å². The summed E-state index contributed by atoms with van der Waals surface area (Å²) in [6.45, 7) is 2.88. The Morgan fingerprint density at radius 3 is 2.60 bits per heavy atom. The van der Waals surface area contributed by atoms with Gasteiger partial charge in [-0.15, -0.1) is 0 Å². The van der Waals surface area contributed by atoms with E-state index < -0.39 is 0 Å². The first-order valence-electron chi connectivity index (χ1n) is 9.67. The second kappa shape index (κ2) is 10.3. The van der Waals surface area contributed by atoms with E-state index in [1.807, 2.05) is 49.4 Å². The van der Waals surface area contributed by atoms with Gasteiger partial charge in [0, 0.05) is 30.5 Å². The predicted octanol–water partition coefficient (Wildman–Crippen LogP) is 3.40. The molecule has 0 fully saturated rings. The summed E-state index contributed by atoms with van der Waals surface area (Å²) in [4.78, 5) is 16.6. The molecule has 0 aliphatic carbocycles. The maximum absolute atomic E-state index is 12.2. The minimum Gasteiger partial charge on any atom is -0.494 e. The van der Waals surface area contributed by atoms with Gasteiger partial charge in [-0.3, -0.25) is 4.79 Å². The summed E-state index contributed by atoms with van der Waals surface area (Å²) in [6.07, 6.45) is 0.586. The molecule has 0 bridgehead atoms. The molecule has 1 aromatic heterocycles. The van der Waals surface area contributed by atoms with E-state index in [-0.39, 0.29) is 12.3 Å². The van der Waals surface area contributed by atoms with Crippen LogP contribution in [0, 0.1) is 0 Å². The molecule has 2 aromatic carbocycles. The summed E-state index contributed by atoms with van der Waals surface area (Å²) in [5.41, 5.74) is 1.66. The number of hydrogen-bond donors (Lipinski definition) is 1. The highest BCUT2D eigenvalue weighted by Gasteiger charge is 2.13. The van der Waals surface area contributed by atoms with Crippen LogP contribution in [0.25, 0.3) is 11.4 Å². The molecule has 3 rings (SSSR count). The number of methoxy groups -OCH3 is 2. The third-order valence-corrected chi connectivity index (χ3v) is 4.42. The van der Waals surface area contributed by atoms with Crippen LogP contribution in [0.15, 0.2) is 47.0 Å². The number of amides is 1. The zero-order chi connectivity index (χ0) is 21.3. The lowest BCUT2D eigenvalue weighted by atomic mass is 10.1. The van der Waals surface area contributed by atoms with Crippen molar-refractivity contribution in [2.24, 2.45) is 0 Å². The molecule has 0 atom stereocenters. The fraction of sp³-hybridized carbons (Fsp3) is 0.318. The van der Waals surface area contributed by atoms with Gasteiger partial charge in [0.25, 0.3) is 0 Å². The van der Waals surface area contributed by atoms with E-state index in [2.05, 4.69) is 15.5 Å². The van der Waals surface area contributed by atoms with E-state index >= 15 is 0 Å².